The number of hydrogen-bond acceptors (Lipinski definition) is 3. The highest BCUT2D eigenvalue weighted by Gasteiger charge is 2.31. The molecule has 0 saturated heterocycles. The van der Waals surface area contributed by atoms with Crippen LogP contribution in [0.1, 0.15) is 22.3 Å². The molecule has 0 spiro atoms. The Morgan fingerprint density at radius 3 is 2.29 bits per heavy atom. The van der Waals surface area contributed by atoms with Crippen molar-refractivity contribution < 1.29 is 18.1 Å². The topological polar surface area (TPSA) is 46.4 Å². The molecule has 0 saturated carbocycles. The first-order chi connectivity index (χ1) is 11.3. The first kappa shape index (κ1) is 16.3. The van der Waals surface area contributed by atoms with Crippen molar-refractivity contribution in [3.63, 3.8) is 0 Å². The van der Waals surface area contributed by atoms with Crippen LogP contribution in [0.5, 0.6) is 0 Å². The van der Waals surface area contributed by atoms with Crippen molar-refractivity contribution in [1.82, 2.24) is 0 Å². The summed E-state index contributed by atoms with van der Waals surface area (Å²) >= 11 is 0. The molecule has 0 unspecified atom stereocenters. The van der Waals surface area contributed by atoms with Gasteiger partial charge in [-0.2, -0.15) is 0 Å². The van der Waals surface area contributed by atoms with Crippen LogP contribution in [0.2, 0.25) is 0 Å². The third-order valence-electron chi connectivity index (χ3n) is 4.46. The van der Waals surface area contributed by atoms with E-state index >= 15 is 0 Å². The van der Waals surface area contributed by atoms with Gasteiger partial charge in [-0.25, -0.2) is 13.2 Å². The normalized spacial score (nSPS) is 13.8. The van der Waals surface area contributed by atoms with Crippen molar-refractivity contribution in [2.24, 2.45) is 0 Å². The molecule has 7 heteroatoms. The van der Waals surface area contributed by atoms with Crippen molar-refractivity contribution in [2.45, 2.75) is 26.8 Å². The first-order valence-corrected chi connectivity index (χ1v) is 7.46. The van der Waals surface area contributed by atoms with Crippen LogP contribution in [0, 0.1) is 41.4 Å². The number of nitro groups is 1. The molecular weight excluding hydrogens is 321 g/mol. The lowest BCUT2D eigenvalue weighted by atomic mass is 9.97. The van der Waals surface area contributed by atoms with E-state index < -0.39 is 22.2 Å². The molecule has 0 bridgehead atoms. The number of fused-ring (bicyclic) bond motifs is 1. The van der Waals surface area contributed by atoms with E-state index in [1.807, 2.05) is 0 Å². The summed E-state index contributed by atoms with van der Waals surface area (Å²) in [7, 11) is 0. The third kappa shape index (κ3) is 2.50. The van der Waals surface area contributed by atoms with Crippen molar-refractivity contribution in [3.05, 3.63) is 68.0 Å². The minimum atomic E-state index is -0.921. The molecule has 0 N–H and O–H groups in total. The Labute approximate surface area is 136 Å². The van der Waals surface area contributed by atoms with E-state index in [9.17, 15) is 23.3 Å². The molecule has 3 rings (SSSR count). The third-order valence-corrected chi connectivity index (χ3v) is 4.46. The second kappa shape index (κ2) is 5.81. The van der Waals surface area contributed by atoms with Gasteiger partial charge in [-0.1, -0.05) is 6.07 Å². The molecule has 0 atom stereocenters. The van der Waals surface area contributed by atoms with Crippen molar-refractivity contribution in [2.75, 3.05) is 11.4 Å². The minimum absolute atomic E-state index is 0.182. The summed E-state index contributed by atoms with van der Waals surface area (Å²) in [6, 6.07) is 4.32. The molecule has 1 aliphatic heterocycles. The zero-order chi connectivity index (χ0) is 17.6. The number of nitrogens with zero attached hydrogens (tertiary/aromatic N) is 2. The lowest BCUT2D eigenvalue weighted by Gasteiger charge is -2.31. The lowest BCUT2D eigenvalue weighted by molar-refractivity contribution is -0.386. The number of nitro benzene ring substituents is 1. The highest BCUT2D eigenvalue weighted by molar-refractivity contribution is 5.63. The van der Waals surface area contributed by atoms with E-state index in [2.05, 4.69) is 0 Å². The molecule has 24 heavy (non-hydrogen) atoms. The maximum atomic E-state index is 14.6. The fraction of sp³-hybridized carbons (Fsp3) is 0.294. The number of anilines is 1. The largest absolute Gasteiger partial charge is 0.362 e. The molecule has 4 nitrogen and oxygen atoms in total. The van der Waals surface area contributed by atoms with Crippen LogP contribution in [0.3, 0.4) is 0 Å². The fourth-order valence-corrected chi connectivity index (χ4v) is 3.20. The molecular formula is C17H15F3N2O2. The standard InChI is InChI=1S/C17H15F3N2O2/c1-9-14(19)17(15(20)10(2)16(9)22(23)24)21-6-5-11-7-13(18)4-3-12(11)8-21/h3-4,7H,5-6,8H2,1-2H3. The van der Waals surface area contributed by atoms with Crippen LogP contribution in [-0.2, 0) is 13.0 Å². The minimum Gasteiger partial charge on any atom is -0.362 e. The molecule has 126 valence electrons. The Balaban J connectivity index is 2.08. The second-order valence-corrected chi connectivity index (χ2v) is 5.92. The fourth-order valence-electron chi connectivity index (χ4n) is 3.20. The van der Waals surface area contributed by atoms with Crippen molar-refractivity contribution in [1.29, 1.82) is 0 Å². The summed E-state index contributed by atoms with van der Waals surface area (Å²) in [4.78, 5) is 11.8. The summed E-state index contributed by atoms with van der Waals surface area (Å²) in [5, 5.41) is 11.1. The molecule has 0 aromatic heterocycles. The molecule has 2 aromatic carbocycles. The van der Waals surface area contributed by atoms with Crippen LogP contribution in [0.4, 0.5) is 24.5 Å². The predicted molar refractivity (Wildman–Crippen MR) is 83.6 cm³/mol. The van der Waals surface area contributed by atoms with Crippen LogP contribution >= 0.6 is 0 Å². The molecule has 2 aromatic rings. The average molecular weight is 336 g/mol. The van der Waals surface area contributed by atoms with Gasteiger partial charge in [0.2, 0.25) is 0 Å². The second-order valence-electron chi connectivity index (χ2n) is 5.92. The Kier molecular flexibility index (Phi) is 3.95. The van der Waals surface area contributed by atoms with Crippen LogP contribution in [0.25, 0.3) is 0 Å². The summed E-state index contributed by atoms with van der Waals surface area (Å²) in [5.74, 6) is -2.19. The lowest BCUT2D eigenvalue weighted by Crippen LogP contribution is -2.32. The van der Waals surface area contributed by atoms with Crippen LogP contribution < -0.4 is 4.90 Å². The first-order valence-electron chi connectivity index (χ1n) is 7.46. The Morgan fingerprint density at radius 1 is 1.08 bits per heavy atom. The molecule has 1 heterocycles. The van der Waals surface area contributed by atoms with E-state index in [1.54, 1.807) is 6.07 Å². The van der Waals surface area contributed by atoms with Gasteiger partial charge in [0, 0.05) is 13.1 Å². The van der Waals surface area contributed by atoms with Crippen molar-refractivity contribution in [3.8, 4) is 0 Å². The molecule has 0 amide bonds. The Morgan fingerprint density at radius 2 is 1.71 bits per heavy atom. The van der Waals surface area contributed by atoms with Gasteiger partial charge in [0.15, 0.2) is 11.6 Å². The monoisotopic (exact) mass is 336 g/mol. The molecule has 0 aliphatic carbocycles. The quantitative estimate of drug-likeness (QED) is 0.610. The number of hydrogen-bond donors (Lipinski definition) is 0. The van der Waals surface area contributed by atoms with Gasteiger partial charge >= 0.3 is 0 Å². The predicted octanol–water partition coefficient (Wildman–Crippen LogP) is 4.19. The van der Waals surface area contributed by atoms with Gasteiger partial charge in [-0.15, -0.1) is 0 Å². The smallest absolute Gasteiger partial charge is 0.281 e. The van der Waals surface area contributed by atoms with Crippen LogP contribution in [0.15, 0.2) is 18.2 Å². The van der Waals surface area contributed by atoms with Gasteiger partial charge in [0.05, 0.1) is 16.1 Å². The van der Waals surface area contributed by atoms with Gasteiger partial charge in [-0.05, 0) is 43.5 Å². The zero-order valence-electron chi connectivity index (χ0n) is 13.2. The van der Waals surface area contributed by atoms with Crippen LogP contribution in [-0.4, -0.2) is 11.5 Å². The van der Waals surface area contributed by atoms with Gasteiger partial charge in [-0.3, -0.25) is 10.1 Å². The number of benzene rings is 2. The number of halogens is 3. The van der Waals surface area contributed by atoms with E-state index in [1.165, 1.54) is 30.9 Å². The maximum absolute atomic E-state index is 14.6. The Hall–Kier alpha value is -2.57. The van der Waals surface area contributed by atoms with Gasteiger partial charge in [0.1, 0.15) is 11.5 Å². The van der Waals surface area contributed by atoms with E-state index in [4.69, 9.17) is 0 Å². The van der Waals surface area contributed by atoms with Gasteiger partial charge in [0.25, 0.3) is 5.69 Å². The zero-order valence-corrected chi connectivity index (χ0v) is 13.2. The summed E-state index contributed by atoms with van der Waals surface area (Å²) in [6.07, 6.45) is 0.445. The average Bonchev–Trinajstić information content (AvgIpc) is 2.53. The highest BCUT2D eigenvalue weighted by Crippen LogP contribution is 2.37. The number of rotatable bonds is 2. The maximum Gasteiger partial charge on any atom is 0.281 e. The summed E-state index contributed by atoms with van der Waals surface area (Å²) < 4.78 is 42.6. The van der Waals surface area contributed by atoms with E-state index in [-0.39, 0.29) is 29.2 Å². The summed E-state index contributed by atoms with van der Waals surface area (Å²) in [6.45, 7) is 3.08. The van der Waals surface area contributed by atoms with E-state index in [0.29, 0.717) is 13.0 Å². The Bertz CT molecular complexity index is 823. The van der Waals surface area contributed by atoms with Gasteiger partial charge < -0.3 is 4.90 Å². The highest BCUT2D eigenvalue weighted by atomic mass is 19.1. The molecule has 0 radical (unpaired) electrons. The summed E-state index contributed by atoms with van der Waals surface area (Å²) in [5.41, 5.74) is 0.439. The van der Waals surface area contributed by atoms with Crippen molar-refractivity contribution >= 4 is 11.4 Å². The molecule has 0 fully saturated rings. The SMILES string of the molecule is Cc1c(F)c(N2CCc3cc(F)ccc3C2)c(F)c(C)c1[N+](=O)[O-]. The molecule has 1 aliphatic rings. The van der Waals surface area contributed by atoms with E-state index in [0.717, 1.165) is 11.1 Å².